The Kier molecular flexibility index (Phi) is 4.61. The third kappa shape index (κ3) is 3.12. The Morgan fingerprint density at radius 3 is 2.56 bits per heavy atom. The Hall–Kier alpha value is -0.750. The molecule has 1 atom stereocenters. The SMILES string of the molecule is CC(Br)C(=O)c1cc(CBr)cc([N+](=O)[O-])c1. The van der Waals surface area contributed by atoms with Gasteiger partial charge < -0.3 is 0 Å². The number of carbonyl (C=O) groups is 1. The number of benzene rings is 1. The first-order valence-electron chi connectivity index (χ1n) is 4.48. The van der Waals surface area contributed by atoms with E-state index in [1.165, 1.54) is 12.1 Å². The van der Waals surface area contributed by atoms with Gasteiger partial charge in [0.2, 0.25) is 0 Å². The summed E-state index contributed by atoms with van der Waals surface area (Å²) in [5.41, 5.74) is 1.01. The van der Waals surface area contributed by atoms with Crippen LogP contribution in [0.1, 0.15) is 22.8 Å². The number of Topliss-reactive ketones (excluding diaryl/α,β-unsaturated/α-hetero) is 1. The predicted octanol–water partition coefficient (Wildman–Crippen LogP) is 3.46. The lowest BCUT2D eigenvalue weighted by atomic mass is 10.1. The van der Waals surface area contributed by atoms with Crippen molar-refractivity contribution >= 4 is 43.3 Å². The summed E-state index contributed by atoms with van der Waals surface area (Å²) in [6.45, 7) is 1.69. The van der Waals surface area contributed by atoms with Crippen molar-refractivity contribution in [1.29, 1.82) is 0 Å². The molecule has 0 bridgehead atoms. The summed E-state index contributed by atoms with van der Waals surface area (Å²) in [7, 11) is 0. The third-order valence-electron chi connectivity index (χ3n) is 1.99. The molecule has 0 saturated carbocycles. The zero-order valence-electron chi connectivity index (χ0n) is 8.44. The third-order valence-corrected chi connectivity index (χ3v) is 3.05. The molecule has 0 amide bonds. The van der Waals surface area contributed by atoms with Gasteiger partial charge in [0.25, 0.3) is 5.69 Å². The summed E-state index contributed by atoms with van der Waals surface area (Å²) in [4.78, 5) is 21.5. The number of nitrogens with zero attached hydrogens (tertiary/aromatic N) is 1. The summed E-state index contributed by atoms with van der Waals surface area (Å²) >= 11 is 6.37. The molecule has 1 aromatic carbocycles. The van der Waals surface area contributed by atoms with Crippen LogP contribution in [0, 0.1) is 10.1 Å². The lowest BCUT2D eigenvalue weighted by Gasteiger charge is -2.04. The van der Waals surface area contributed by atoms with Gasteiger partial charge in [-0.25, -0.2) is 0 Å². The highest BCUT2D eigenvalue weighted by atomic mass is 79.9. The number of hydrogen-bond donors (Lipinski definition) is 0. The number of rotatable bonds is 4. The van der Waals surface area contributed by atoms with E-state index in [1.807, 2.05) is 0 Å². The van der Waals surface area contributed by atoms with Crippen molar-refractivity contribution in [3.05, 3.63) is 39.4 Å². The van der Waals surface area contributed by atoms with Gasteiger partial charge >= 0.3 is 0 Å². The van der Waals surface area contributed by atoms with Gasteiger partial charge in [-0.1, -0.05) is 31.9 Å². The monoisotopic (exact) mass is 349 g/mol. The topological polar surface area (TPSA) is 60.2 Å². The molecule has 0 heterocycles. The van der Waals surface area contributed by atoms with Crippen molar-refractivity contribution in [1.82, 2.24) is 0 Å². The zero-order valence-corrected chi connectivity index (χ0v) is 11.6. The second-order valence-electron chi connectivity index (χ2n) is 3.26. The maximum absolute atomic E-state index is 11.7. The highest BCUT2D eigenvalue weighted by Crippen LogP contribution is 2.21. The second kappa shape index (κ2) is 5.54. The van der Waals surface area contributed by atoms with Crippen LogP contribution in [0.2, 0.25) is 0 Å². The molecule has 0 N–H and O–H groups in total. The van der Waals surface area contributed by atoms with Crippen molar-refractivity contribution in [2.24, 2.45) is 0 Å². The van der Waals surface area contributed by atoms with Gasteiger partial charge in [-0.3, -0.25) is 14.9 Å². The minimum absolute atomic E-state index is 0.0616. The summed E-state index contributed by atoms with van der Waals surface area (Å²) in [5, 5.41) is 11.2. The quantitative estimate of drug-likeness (QED) is 0.361. The van der Waals surface area contributed by atoms with Crippen LogP contribution in [0.3, 0.4) is 0 Å². The highest BCUT2D eigenvalue weighted by molar-refractivity contribution is 9.10. The van der Waals surface area contributed by atoms with Gasteiger partial charge in [-0.05, 0) is 18.6 Å². The van der Waals surface area contributed by atoms with Crippen LogP contribution in [-0.4, -0.2) is 15.5 Å². The molecule has 0 aliphatic heterocycles. The van der Waals surface area contributed by atoms with Crippen molar-refractivity contribution in [3.8, 4) is 0 Å². The van der Waals surface area contributed by atoms with Gasteiger partial charge in [0.05, 0.1) is 9.75 Å². The fraction of sp³-hybridized carbons (Fsp3) is 0.300. The number of hydrogen-bond acceptors (Lipinski definition) is 3. The number of carbonyl (C=O) groups excluding carboxylic acids is 1. The molecule has 0 fully saturated rings. The molecule has 0 aliphatic rings. The minimum atomic E-state index is -0.498. The summed E-state index contributed by atoms with van der Waals surface area (Å²) in [6, 6.07) is 4.40. The maximum Gasteiger partial charge on any atom is 0.270 e. The molecular formula is C10H9Br2NO3. The number of alkyl halides is 2. The molecule has 0 spiro atoms. The molecule has 1 aromatic rings. The molecule has 4 nitrogen and oxygen atoms in total. The van der Waals surface area contributed by atoms with E-state index < -0.39 is 4.92 Å². The van der Waals surface area contributed by atoms with Gasteiger partial charge in [0, 0.05) is 23.0 Å². The van der Waals surface area contributed by atoms with Crippen LogP contribution in [-0.2, 0) is 5.33 Å². The molecule has 0 radical (unpaired) electrons. The summed E-state index contributed by atoms with van der Waals surface area (Å²) in [6.07, 6.45) is 0. The first-order chi connectivity index (χ1) is 7.45. The Labute approximate surface area is 109 Å². The Morgan fingerprint density at radius 2 is 2.12 bits per heavy atom. The average molecular weight is 351 g/mol. The number of nitro groups is 1. The lowest BCUT2D eigenvalue weighted by molar-refractivity contribution is -0.384. The predicted molar refractivity (Wildman–Crippen MR) is 68.4 cm³/mol. The van der Waals surface area contributed by atoms with Gasteiger partial charge in [0.1, 0.15) is 0 Å². The van der Waals surface area contributed by atoms with Crippen molar-refractivity contribution < 1.29 is 9.72 Å². The van der Waals surface area contributed by atoms with Gasteiger partial charge in [0.15, 0.2) is 5.78 Å². The van der Waals surface area contributed by atoms with Crippen LogP contribution in [0.15, 0.2) is 18.2 Å². The van der Waals surface area contributed by atoms with E-state index in [9.17, 15) is 14.9 Å². The number of ketones is 1. The van der Waals surface area contributed by atoms with Gasteiger partial charge in [-0.15, -0.1) is 0 Å². The van der Waals surface area contributed by atoms with E-state index in [1.54, 1.807) is 13.0 Å². The standard InChI is InChI=1S/C10H9Br2NO3/c1-6(12)10(14)8-2-7(5-11)3-9(4-8)13(15)16/h2-4,6H,5H2,1H3. The molecule has 86 valence electrons. The van der Waals surface area contributed by atoms with E-state index >= 15 is 0 Å². The summed E-state index contributed by atoms with van der Waals surface area (Å²) in [5.74, 6) is -0.161. The second-order valence-corrected chi connectivity index (χ2v) is 5.19. The van der Waals surface area contributed by atoms with Gasteiger partial charge in [-0.2, -0.15) is 0 Å². The van der Waals surface area contributed by atoms with Crippen LogP contribution >= 0.6 is 31.9 Å². The Balaban J connectivity index is 3.24. The van der Waals surface area contributed by atoms with E-state index in [0.29, 0.717) is 16.5 Å². The molecule has 0 aromatic heterocycles. The molecule has 16 heavy (non-hydrogen) atoms. The lowest BCUT2D eigenvalue weighted by Crippen LogP contribution is -2.10. The number of halogens is 2. The van der Waals surface area contributed by atoms with E-state index in [2.05, 4.69) is 31.9 Å². The first-order valence-corrected chi connectivity index (χ1v) is 6.52. The highest BCUT2D eigenvalue weighted by Gasteiger charge is 2.17. The smallest absolute Gasteiger partial charge is 0.270 e. The Bertz CT molecular complexity index is 432. The van der Waals surface area contributed by atoms with Crippen molar-refractivity contribution in [2.45, 2.75) is 17.1 Å². The Morgan fingerprint density at radius 1 is 1.50 bits per heavy atom. The van der Waals surface area contributed by atoms with Crippen molar-refractivity contribution in [2.75, 3.05) is 0 Å². The largest absolute Gasteiger partial charge is 0.293 e. The van der Waals surface area contributed by atoms with Crippen molar-refractivity contribution in [3.63, 3.8) is 0 Å². The molecular weight excluding hydrogens is 342 g/mol. The van der Waals surface area contributed by atoms with Crippen LogP contribution < -0.4 is 0 Å². The van der Waals surface area contributed by atoms with Crippen LogP contribution in [0.4, 0.5) is 5.69 Å². The number of nitro benzene ring substituents is 1. The molecule has 0 saturated heterocycles. The number of non-ortho nitro benzene ring substituents is 1. The van der Waals surface area contributed by atoms with Crippen LogP contribution in [0.5, 0.6) is 0 Å². The molecule has 6 heteroatoms. The fourth-order valence-electron chi connectivity index (χ4n) is 1.23. The molecule has 1 rings (SSSR count). The van der Waals surface area contributed by atoms with E-state index in [4.69, 9.17) is 0 Å². The van der Waals surface area contributed by atoms with Crippen LogP contribution in [0.25, 0.3) is 0 Å². The summed E-state index contributed by atoms with van der Waals surface area (Å²) < 4.78 is 0. The van der Waals surface area contributed by atoms with E-state index in [-0.39, 0.29) is 16.3 Å². The zero-order chi connectivity index (χ0) is 12.3. The van der Waals surface area contributed by atoms with E-state index in [0.717, 1.165) is 0 Å². The average Bonchev–Trinajstić information content (AvgIpc) is 2.27. The minimum Gasteiger partial charge on any atom is -0.293 e. The molecule has 0 aliphatic carbocycles. The fourth-order valence-corrected chi connectivity index (χ4v) is 1.82. The molecule has 1 unspecified atom stereocenters. The maximum atomic E-state index is 11.7. The first kappa shape index (κ1) is 13.3. The normalized spacial score (nSPS) is 12.2.